The lowest BCUT2D eigenvalue weighted by atomic mass is 10.2. The van der Waals surface area contributed by atoms with Crippen LogP contribution in [0.5, 0.6) is 0 Å². The molecule has 0 atom stereocenters. The minimum Gasteiger partial charge on any atom is -0.328 e. The summed E-state index contributed by atoms with van der Waals surface area (Å²) in [6.07, 6.45) is 2.44. The van der Waals surface area contributed by atoms with Gasteiger partial charge in [0.1, 0.15) is 5.82 Å². The van der Waals surface area contributed by atoms with Gasteiger partial charge in [-0.3, -0.25) is 4.98 Å². The largest absolute Gasteiger partial charge is 0.328 e. The number of carbonyl (C=O) groups is 1. The second-order valence-corrected chi connectivity index (χ2v) is 4.98. The second kappa shape index (κ2) is 5.00. The summed E-state index contributed by atoms with van der Waals surface area (Å²) in [4.78, 5) is 19.1. The minimum absolute atomic E-state index is 0.0691. The highest BCUT2D eigenvalue weighted by molar-refractivity contribution is 9.10. The first kappa shape index (κ1) is 12.3. The van der Waals surface area contributed by atoms with E-state index in [9.17, 15) is 9.18 Å². The van der Waals surface area contributed by atoms with E-state index in [-0.39, 0.29) is 18.4 Å². The van der Waals surface area contributed by atoms with E-state index in [0.29, 0.717) is 16.7 Å². The Hall–Kier alpha value is -1.17. The number of halogens is 2. The highest BCUT2D eigenvalue weighted by Gasteiger charge is 2.23. The average Bonchev–Trinajstić information content (AvgIpc) is 2.28. The smallest absolute Gasteiger partial charge is 0.320 e. The van der Waals surface area contributed by atoms with Crippen molar-refractivity contribution >= 4 is 22.0 Å². The van der Waals surface area contributed by atoms with Gasteiger partial charge in [0.15, 0.2) is 0 Å². The fourth-order valence-corrected chi connectivity index (χ4v) is 2.12. The standard InChI is InChI=1S/C11H13BrFN3O/c1-15-3-2-4-16(11(15)17)7-10-9(13)5-8(12)6-14-10/h5-6H,2-4,7H2,1H3. The van der Waals surface area contributed by atoms with Crippen molar-refractivity contribution in [1.82, 2.24) is 14.8 Å². The molecule has 2 amide bonds. The highest BCUT2D eigenvalue weighted by Crippen LogP contribution is 2.16. The average molecular weight is 302 g/mol. The molecule has 17 heavy (non-hydrogen) atoms. The number of urea groups is 1. The summed E-state index contributed by atoms with van der Waals surface area (Å²) in [5.41, 5.74) is 0.303. The molecule has 6 heteroatoms. The summed E-state index contributed by atoms with van der Waals surface area (Å²) in [5, 5.41) is 0. The van der Waals surface area contributed by atoms with Gasteiger partial charge in [-0.15, -0.1) is 0 Å². The lowest BCUT2D eigenvalue weighted by molar-refractivity contribution is 0.137. The molecular weight excluding hydrogens is 289 g/mol. The maximum absolute atomic E-state index is 13.6. The first-order chi connectivity index (χ1) is 8.08. The Morgan fingerprint density at radius 3 is 3.00 bits per heavy atom. The van der Waals surface area contributed by atoms with E-state index in [0.717, 1.165) is 13.0 Å². The summed E-state index contributed by atoms with van der Waals surface area (Å²) in [5.74, 6) is -0.389. The summed E-state index contributed by atoms with van der Waals surface area (Å²) in [7, 11) is 1.75. The number of nitrogens with zero attached hydrogens (tertiary/aromatic N) is 3. The van der Waals surface area contributed by atoms with Crippen molar-refractivity contribution in [2.24, 2.45) is 0 Å². The monoisotopic (exact) mass is 301 g/mol. The van der Waals surface area contributed by atoms with Gasteiger partial charge in [0.25, 0.3) is 0 Å². The van der Waals surface area contributed by atoms with Crippen molar-refractivity contribution in [3.8, 4) is 0 Å². The molecule has 1 aliphatic heterocycles. The molecule has 0 aliphatic carbocycles. The van der Waals surface area contributed by atoms with Crippen LogP contribution in [0.15, 0.2) is 16.7 Å². The number of hydrogen-bond acceptors (Lipinski definition) is 2. The van der Waals surface area contributed by atoms with Crippen LogP contribution < -0.4 is 0 Å². The fourth-order valence-electron chi connectivity index (χ4n) is 1.82. The van der Waals surface area contributed by atoms with Crippen LogP contribution in [0.1, 0.15) is 12.1 Å². The highest BCUT2D eigenvalue weighted by atomic mass is 79.9. The molecule has 1 aromatic heterocycles. The van der Waals surface area contributed by atoms with E-state index in [1.165, 1.54) is 12.3 Å². The zero-order chi connectivity index (χ0) is 12.4. The van der Waals surface area contributed by atoms with Gasteiger partial charge in [0.05, 0.1) is 12.2 Å². The van der Waals surface area contributed by atoms with E-state index >= 15 is 0 Å². The van der Waals surface area contributed by atoms with E-state index in [1.807, 2.05) is 0 Å². The number of rotatable bonds is 2. The normalized spacial score (nSPS) is 16.5. The van der Waals surface area contributed by atoms with Crippen molar-refractivity contribution in [3.05, 3.63) is 28.2 Å². The third kappa shape index (κ3) is 2.74. The molecular formula is C11H13BrFN3O. The molecule has 2 heterocycles. The van der Waals surface area contributed by atoms with Gasteiger partial charge < -0.3 is 9.80 Å². The van der Waals surface area contributed by atoms with Crippen LogP contribution in [0, 0.1) is 5.82 Å². The van der Waals surface area contributed by atoms with Gasteiger partial charge in [-0.25, -0.2) is 9.18 Å². The molecule has 0 saturated carbocycles. The number of pyridine rings is 1. The quantitative estimate of drug-likeness (QED) is 0.840. The first-order valence-corrected chi connectivity index (χ1v) is 6.17. The molecule has 0 N–H and O–H groups in total. The van der Waals surface area contributed by atoms with Crippen LogP contribution in [0.25, 0.3) is 0 Å². The van der Waals surface area contributed by atoms with Crippen molar-refractivity contribution in [1.29, 1.82) is 0 Å². The van der Waals surface area contributed by atoms with Gasteiger partial charge in [-0.05, 0) is 28.4 Å². The van der Waals surface area contributed by atoms with Gasteiger partial charge in [-0.2, -0.15) is 0 Å². The minimum atomic E-state index is -0.389. The molecule has 4 nitrogen and oxygen atoms in total. The Labute approximate surface area is 108 Å². The van der Waals surface area contributed by atoms with Crippen LogP contribution >= 0.6 is 15.9 Å². The molecule has 0 bridgehead atoms. The summed E-state index contributed by atoms with van der Waals surface area (Å²) in [6.45, 7) is 1.63. The van der Waals surface area contributed by atoms with E-state index in [1.54, 1.807) is 16.8 Å². The fraction of sp³-hybridized carbons (Fsp3) is 0.455. The molecule has 0 spiro atoms. The maximum atomic E-state index is 13.6. The second-order valence-electron chi connectivity index (χ2n) is 4.06. The molecule has 2 rings (SSSR count). The van der Waals surface area contributed by atoms with Crippen LogP contribution in [0.3, 0.4) is 0 Å². The number of amides is 2. The Balaban J connectivity index is 2.12. The summed E-state index contributed by atoms with van der Waals surface area (Å²) >= 11 is 3.15. The number of carbonyl (C=O) groups excluding carboxylic acids is 1. The van der Waals surface area contributed by atoms with Gasteiger partial charge in [-0.1, -0.05) is 0 Å². The summed E-state index contributed by atoms with van der Waals surface area (Å²) in [6, 6.07) is 1.29. The lowest BCUT2D eigenvalue weighted by Crippen LogP contribution is -2.47. The predicted molar refractivity (Wildman–Crippen MR) is 64.9 cm³/mol. The van der Waals surface area contributed by atoms with E-state index in [4.69, 9.17) is 0 Å². The zero-order valence-corrected chi connectivity index (χ0v) is 11.1. The van der Waals surface area contributed by atoms with Crippen molar-refractivity contribution in [2.45, 2.75) is 13.0 Å². The molecule has 0 aromatic carbocycles. The van der Waals surface area contributed by atoms with Gasteiger partial charge >= 0.3 is 6.03 Å². The van der Waals surface area contributed by atoms with Crippen molar-refractivity contribution in [3.63, 3.8) is 0 Å². The Morgan fingerprint density at radius 2 is 2.29 bits per heavy atom. The van der Waals surface area contributed by atoms with Crippen LogP contribution in [-0.4, -0.2) is 41.0 Å². The molecule has 1 aliphatic rings. The maximum Gasteiger partial charge on any atom is 0.320 e. The van der Waals surface area contributed by atoms with Crippen LogP contribution in [-0.2, 0) is 6.54 Å². The van der Waals surface area contributed by atoms with Crippen LogP contribution in [0.2, 0.25) is 0 Å². The van der Waals surface area contributed by atoms with Crippen LogP contribution in [0.4, 0.5) is 9.18 Å². The van der Waals surface area contributed by atoms with Crippen molar-refractivity contribution in [2.75, 3.05) is 20.1 Å². The Morgan fingerprint density at radius 1 is 1.53 bits per heavy atom. The SMILES string of the molecule is CN1CCCN(Cc2ncc(Br)cc2F)C1=O. The van der Waals surface area contributed by atoms with E-state index in [2.05, 4.69) is 20.9 Å². The molecule has 1 aromatic rings. The van der Waals surface area contributed by atoms with Crippen molar-refractivity contribution < 1.29 is 9.18 Å². The lowest BCUT2D eigenvalue weighted by Gasteiger charge is -2.33. The number of aromatic nitrogens is 1. The molecule has 1 saturated heterocycles. The molecule has 92 valence electrons. The molecule has 0 radical (unpaired) electrons. The van der Waals surface area contributed by atoms with E-state index < -0.39 is 0 Å². The topological polar surface area (TPSA) is 36.4 Å². The predicted octanol–water partition coefficient (Wildman–Crippen LogP) is 2.24. The third-order valence-electron chi connectivity index (χ3n) is 2.74. The van der Waals surface area contributed by atoms with Gasteiger partial charge in [0.2, 0.25) is 0 Å². The molecule has 1 fully saturated rings. The zero-order valence-electron chi connectivity index (χ0n) is 9.49. The Kier molecular flexibility index (Phi) is 3.61. The Bertz CT molecular complexity index is 441. The third-order valence-corrected chi connectivity index (χ3v) is 3.18. The van der Waals surface area contributed by atoms with Gasteiger partial charge in [0, 0.05) is 30.8 Å². The summed E-state index contributed by atoms with van der Waals surface area (Å²) < 4.78 is 14.2. The molecule has 0 unspecified atom stereocenters. The first-order valence-electron chi connectivity index (χ1n) is 5.38. The number of hydrogen-bond donors (Lipinski definition) is 0.